The number of hydrogen-bond donors (Lipinski definition) is 0. The third-order valence-corrected chi connectivity index (χ3v) is 6.94. The minimum atomic E-state index is -8.91. The predicted octanol–water partition coefficient (Wildman–Crippen LogP) is 12.8. The van der Waals surface area contributed by atoms with E-state index in [0.717, 1.165) is 0 Å². The van der Waals surface area contributed by atoms with Crippen LogP contribution >= 0.6 is 0 Å². The van der Waals surface area contributed by atoms with Crippen LogP contribution in [0.3, 0.4) is 0 Å². The van der Waals surface area contributed by atoms with Gasteiger partial charge in [-0.05, 0) is 0 Å². The number of hydrogen-bond acceptors (Lipinski definition) is 1. The molecule has 0 saturated carbocycles. The standard InChI is InChI=1S/C25H4F30O/c26-14(27,20(38,39)40)6-4-2-1-3-5(6)13(56)7-8(15(28,29)21(41,42)43)10(17(32,33)23(47,48)49)12(19(36,37)25(53,54)55)11(18(34,35)24(50,51)52)9(7)16(30,31)22(44,45)46/h1-4H. The van der Waals surface area contributed by atoms with Crippen LogP contribution in [0.4, 0.5) is 132 Å². The van der Waals surface area contributed by atoms with Gasteiger partial charge in [-0.25, -0.2) is 0 Å². The maximum Gasteiger partial charge on any atom is 0.458 e. The van der Waals surface area contributed by atoms with E-state index in [-0.39, 0.29) is 12.1 Å². The second kappa shape index (κ2) is 13.0. The molecule has 31 heteroatoms. The fourth-order valence-electron chi connectivity index (χ4n) is 4.50. The first kappa shape index (κ1) is 48.2. The van der Waals surface area contributed by atoms with Crippen molar-refractivity contribution in [2.24, 2.45) is 0 Å². The van der Waals surface area contributed by atoms with Crippen molar-refractivity contribution in [3.05, 3.63) is 68.8 Å². The summed E-state index contributed by atoms with van der Waals surface area (Å²) in [5.41, 5.74) is -42.5. The lowest BCUT2D eigenvalue weighted by molar-refractivity contribution is -0.316. The zero-order valence-corrected chi connectivity index (χ0v) is 24.6. The SMILES string of the molecule is O=C(c1ccccc1C(F)(F)C(F)(F)F)c1c(C(F)(F)C(F)(F)F)c(C(F)(F)C(F)(F)F)c(C(F)(F)C(F)(F)F)c(C(F)(F)C(F)(F)F)c1C(F)(F)C(F)(F)F. The van der Waals surface area contributed by atoms with Crippen LogP contribution in [-0.2, 0) is 35.5 Å². The number of ketones is 1. The highest BCUT2D eigenvalue weighted by Crippen LogP contribution is 2.65. The molecule has 0 aliphatic carbocycles. The molecule has 0 atom stereocenters. The maximum atomic E-state index is 15.1. The molecule has 0 N–H and O–H groups in total. The van der Waals surface area contributed by atoms with E-state index in [1.807, 2.05) is 0 Å². The van der Waals surface area contributed by atoms with E-state index in [2.05, 4.69) is 0 Å². The van der Waals surface area contributed by atoms with Gasteiger partial charge in [0.25, 0.3) is 0 Å². The fraction of sp³-hybridized carbons (Fsp3) is 0.480. The van der Waals surface area contributed by atoms with Crippen LogP contribution in [0.15, 0.2) is 24.3 Å². The Hall–Kier alpha value is -3.99. The Morgan fingerprint density at radius 1 is 0.304 bits per heavy atom. The molecule has 0 spiro atoms. The Bertz CT molecular complexity index is 1750. The highest BCUT2D eigenvalue weighted by atomic mass is 19.5. The third kappa shape index (κ3) is 7.22. The monoisotopic (exact) mass is 890 g/mol. The van der Waals surface area contributed by atoms with Crippen molar-refractivity contribution in [2.75, 3.05) is 0 Å². The van der Waals surface area contributed by atoms with Gasteiger partial charge in [0, 0.05) is 16.7 Å². The number of rotatable bonds is 8. The van der Waals surface area contributed by atoms with Gasteiger partial charge in [0.1, 0.15) is 0 Å². The van der Waals surface area contributed by atoms with Gasteiger partial charge in [-0.15, -0.1) is 0 Å². The summed E-state index contributed by atoms with van der Waals surface area (Å²) < 4.78 is 423. The molecule has 0 bridgehead atoms. The van der Waals surface area contributed by atoms with Crippen LogP contribution in [0.1, 0.15) is 49.3 Å². The van der Waals surface area contributed by atoms with E-state index < -0.39 is 135 Å². The highest BCUT2D eigenvalue weighted by molar-refractivity contribution is 6.13. The Labute approximate surface area is 284 Å². The molecule has 2 aromatic carbocycles. The van der Waals surface area contributed by atoms with Crippen LogP contribution in [0, 0.1) is 0 Å². The second-order valence-electron chi connectivity index (χ2n) is 10.6. The first-order valence-electron chi connectivity index (χ1n) is 12.7. The summed E-state index contributed by atoms with van der Waals surface area (Å²) in [6.07, 6.45) is -50.1. The van der Waals surface area contributed by atoms with Crippen LogP contribution in [0.2, 0.25) is 0 Å². The first-order valence-corrected chi connectivity index (χ1v) is 12.7. The van der Waals surface area contributed by atoms with Crippen molar-refractivity contribution >= 4 is 5.78 Å². The number of carbonyl (C=O) groups is 1. The summed E-state index contributed by atoms with van der Waals surface area (Å²) in [7, 11) is 0. The zero-order chi connectivity index (χ0) is 45.0. The van der Waals surface area contributed by atoms with Crippen molar-refractivity contribution in [1.29, 1.82) is 0 Å². The van der Waals surface area contributed by atoms with Crippen molar-refractivity contribution in [3.63, 3.8) is 0 Å². The van der Waals surface area contributed by atoms with Crippen LogP contribution < -0.4 is 0 Å². The first-order chi connectivity index (χ1) is 24.1. The molecule has 2 rings (SSSR count). The molecular formula is C25H4F30O. The molecule has 56 heavy (non-hydrogen) atoms. The molecule has 320 valence electrons. The average molecular weight is 890 g/mol. The molecule has 0 radical (unpaired) electrons. The Morgan fingerprint density at radius 2 is 0.518 bits per heavy atom. The van der Waals surface area contributed by atoms with Gasteiger partial charge in [0.2, 0.25) is 0 Å². The largest absolute Gasteiger partial charge is 0.458 e. The summed E-state index contributed by atoms with van der Waals surface area (Å²) in [5, 5.41) is 0. The second-order valence-corrected chi connectivity index (χ2v) is 10.6. The van der Waals surface area contributed by atoms with Crippen molar-refractivity contribution in [3.8, 4) is 0 Å². The number of halogens is 30. The van der Waals surface area contributed by atoms with Gasteiger partial charge in [-0.1, -0.05) is 24.3 Å². The average Bonchev–Trinajstić information content (AvgIpc) is 2.95. The van der Waals surface area contributed by atoms with Crippen molar-refractivity contribution in [2.45, 2.75) is 72.6 Å². The number of alkyl halides is 30. The van der Waals surface area contributed by atoms with E-state index in [1.54, 1.807) is 0 Å². The van der Waals surface area contributed by atoms with Gasteiger partial charge < -0.3 is 0 Å². The minimum Gasteiger partial charge on any atom is -0.289 e. The Morgan fingerprint density at radius 3 is 0.768 bits per heavy atom. The van der Waals surface area contributed by atoms with Gasteiger partial charge in [0.15, 0.2) is 5.78 Å². The molecule has 1 nitrogen and oxygen atoms in total. The summed E-state index contributed by atoms with van der Waals surface area (Å²) in [5.74, 6) is -55.7. The normalized spacial score (nSPS) is 15.4. The topological polar surface area (TPSA) is 17.1 Å². The van der Waals surface area contributed by atoms with E-state index >= 15 is 17.6 Å². The third-order valence-electron chi connectivity index (χ3n) is 6.94. The van der Waals surface area contributed by atoms with Crippen molar-refractivity contribution < 1.29 is 137 Å². The highest BCUT2D eigenvalue weighted by Gasteiger charge is 2.77. The minimum absolute atomic E-state index is 0.262. The van der Waals surface area contributed by atoms with Crippen LogP contribution in [0.5, 0.6) is 0 Å². The lowest BCUT2D eigenvalue weighted by Gasteiger charge is -2.39. The molecule has 2 aromatic rings. The molecule has 0 aliphatic heterocycles. The summed E-state index contributed by atoms with van der Waals surface area (Å²) in [6, 6.07) is -2.63. The maximum absolute atomic E-state index is 15.1. The summed E-state index contributed by atoms with van der Waals surface area (Å²) in [6.45, 7) is 0. The molecule has 0 fully saturated rings. The van der Waals surface area contributed by atoms with E-state index in [1.165, 1.54) is 0 Å². The molecule has 0 heterocycles. The summed E-state index contributed by atoms with van der Waals surface area (Å²) in [4.78, 5) is 13.3. The lowest BCUT2D eigenvalue weighted by Crippen LogP contribution is -2.50. The zero-order valence-electron chi connectivity index (χ0n) is 24.6. The van der Waals surface area contributed by atoms with Gasteiger partial charge in [-0.3, -0.25) is 4.79 Å². The molecule has 0 aromatic heterocycles. The molecule has 0 unspecified atom stereocenters. The molecule has 0 amide bonds. The lowest BCUT2D eigenvalue weighted by atomic mass is 9.73. The quantitative estimate of drug-likeness (QED) is 0.191. The van der Waals surface area contributed by atoms with E-state index in [0.29, 0.717) is 0 Å². The smallest absolute Gasteiger partial charge is 0.289 e. The van der Waals surface area contributed by atoms with Gasteiger partial charge >= 0.3 is 72.6 Å². The number of carbonyl (C=O) groups excluding carboxylic acids is 1. The number of benzene rings is 2. The van der Waals surface area contributed by atoms with E-state index in [9.17, 15) is 119 Å². The Kier molecular flexibility index (Phi) is 11.2. The Balaban J connectivity index is 4.13. The van der Waals surface area contributed by atoms with Crippen LogP contribution in [0.25, 0.3) is 0 Å². The summed E-state index contributed by atoms with van der Waals surface area (Å²) >= 11 is 0. The molecule has 0 aliphatic rings. The van der Waals surface area contributed by atoms with E-state index in [4.69, 9.17) is 0 Å². The van der Waals surface area contributed by atoms with Gasteiger partial charge in [-0.2, -0.15) is 132 Å². The van der Waals surface area contributed by atoms with Crippen LogP contribution in [-0.4, -0.2) is 42.8 Å². The fourth-order valence-corrected chi connectivity index (χ4v) is 4.50. The van der Waals surface area contributed by atoms with Gasteiger partial charge in [0.05, 0.1) is 27.8 Å². The van der Waals surface area contributed by atoms with Crippen molar-refractivity contribution in [1.82, 2.24) is 0 Å². The molecule has 0 saturated heterocycles. The molecular weight excluding hydrogens is 886 g/mol. The predicted molar refractivity (Wildman–Crippen MR) is 116 cm³/mol.